The summed E-state index contributed by atoms with van der Waals surface area (Å²) in [6.45, 7) is 9.68. The summed E-state index contributed by atoms with van der Waals surface area (Å²) in [5.41, 5.74) is 0.343. The quantitative estimate of drug-likeness (QED) is 0.225. The molecule has 0 radical (unpaired) electrons. The van der Waals surface area contributed by atoms with E-state index < -0.39 is 5.60 Å². The van der Waals surface area contributed by atoms with Crippen LogP contribution in [-0.4, -0.2) is 35.8 Å². The molecule has 0 fully saturated rings. The van der Waals surface area contributed by atoms with Crippen molar-refractivity contribution in [3.63, 3.8) is 0 Å². The number of nitrogens with zero attached hydrogens (tertiary/aromatic N) is 2. The van der Waals surface area contributed by atoms with Gasteiger partial charge in [-0.2, -0.15) is 0 Å². The number of thiophene rings is 2. The second-order valence-corrected chi connectivity index (χ2v) is 12.0. The van der Waals surface area contributed by atoms with E-state index >= 15 is 0 Å². The van der Waals surface area contributed by atoms with Crippen molar-refractivity contribution in [2.45, 2.75) is 59.1 Å². The van der Waals surface area contributed by atoms with Crippen molar-refractivity contribution >= 4 is 45.4 Å². The van der Waals surface area contributed by atoms with E-state index in [1.165, 1.54) is 19.5 Å². The summed E-state index contributed by atoms with van der Waals surface area (Å²) in [5, 5.41) is 4.44. The van der Waals surface area contributed by atoms with Gasteiger partial charge in [-0.3, -0.25) is 4.79 Å². The van der Waals surface area contributed by atoms with Gasteiger partial charge in [0.15, 0.2) is 11.5 Å². The fourth-order valence-electron chi connectivity index (χ4n) is 3.94. The zero-order valence-corrected chi connectivity index (χ0v) is 23.9. The Labute approximate surface area is 225 Å². The van der Waals surface area contributed by atoms with Crippen LogP contribution in [0.4, 0.5) is 5.82 Å². The largest absolute Gasteiger partial charge is 0.493 e. The molecule has 0 aliphatic rings. The molecule has 7 nitrogen and oxygen atoms in total. The minimum absolute atomic E-state index is 0.0379. The highest BCUT2D eigenvalue weighted by atomic mass is 32.1. The van der Waals surface area contributed by atoms with Crippen LogP contribution in [0.3, 0.4) is 0 Å². The van der Waals surface area contributed by atoms with E-state index in [-0.39, 0.29) is 12.0 Å². The number of fused-ring (bicyclic) bond motifs is 1. The molecule has 0 aliphatic carbocycles. The van der Waals surface area contributed by atoms with Crippen LogP contribution in [0, 0.1) is 6.92 Å². The topological polar surface area (TPSA) is 82.6 Å². The zero-order chi connectivity index (χ0) is 26.7. The van der Waals surface area contributed by atoms with E-state index in [1.54, 1.807) is 36.9 Å². The van der Waals surface area contributed by atoms with Crippen LogP contribution >= 0.6 is 22.7 Å². The van der Waals surface area contributed by atoms with Gasteiger partial charge in [-0.25, -0.2) is 9.97 Å². The Bertz CT molecular complexity index is 1400. The van der Waals surface area contributed by atoms with Crippen molar-refractivity contribution in [3.05, 3.63) is 52.0 Å². The number of aryl methyl sites for hydroxylation is 2. The van der Waals surface area contributed by atoms with Crippen molar-refractivity contribution in [2.24, 2.45) is 0 Å². The van der Waals surface area contributed by atoms with E-state index in [4.69, 9.17) is 14.2 Å². The van der Waals surface area contributed by atoms with Gasteiger partial charge in [0, 0.05) is 31.0 Å². The van der Waals surface area contributed by atoms with E-state index in [1.807, 2.05) is 39.8 Å². The minimum Gasteiger partial charge on any atom is -0.493 e. The summed E-state index contributed by atoms with van der Waals surface area (Å²) in [4.78, 5) is 26.1. The number of hydrogen-bond donors (Lipinski definition) is 1. The first-order valence-electron chi connectivity index (χ1n) is 12.1. The maximum atomic E-state index is 12.1. The van der Waals surface area contributed by atoms with Crippen LogP contribution in [0.15, 0.2) is 36.4 Å². The van der Waals surface area contributed by atoms with E-state index in [9.17, 15) is 4.79 Å². The smallest absolute Gasteiger partial charge is 0.306 e. The Morgan fingerprint density at radius 3 is 2.38 bits per heavy atom. The van der Waals surface area contributed by atoms with Crippen molar-refractivity contribution in [2.75, 3.05) is 19.5 Å². The Balaban J connectivity index is 1.48. The Kier molecular flexibility index (Phi) is 8.04. The fourth-order valence-corrected chi connectivity index (χ4v) is 6.05. The monoisotopic (exact) mass is 539 g/mol. The van der Waals surface area contributed by atoms with Crippen LogP contribution in [-0.2, 0) is 16.0 Å². The van der Waals surface area contributed by atoms with Crippen LogP contribution in [0.2, 0.25) is 0 Å². The SMILES string of the molecule is COc1cc2nc(C)nc(NC(C)c3ccc(-c4ccc(CCC(=O)OC(C)(C)C)s4)s3)c2cc1OC. The van der Waals surface area contributed by atoms with Gasteiger partial charge in [-0.15, -0.1) is 22.7 Å². The molecule has 37 heavy (non-hydrogen) atoms. The molecular weight excluding hydrogens is 506 g/mol. The molecule has 4 aromatic rings. The van der Waals surface area contributed by atoms with E-state index in [2.05, 4.69) is 46.5 Å². The average molecular weight is 540 g/mol. The number of rotatable bonds is 9. The number of hydrogen-bond acceptors (Lipinski definition) is 9. The maximum absolute atomic E-state index is 12.1. The van der Waals surface area contributed by atoms with E-state index in [0.717, 1.165) is 16.7 Å². The maximum Gasteiger partial charge on any atom is 0.306 e. The van der Waals surface area contributed by atoms with Gasteiger partial charge < -0.3 is 19.5 Å². The number of ether oxygens (including phenoxy) is 3. The third kappa shape index (κ3) is 6.59. The summed E-state index contributed by atoms with van der Waals surface area (Å²) in [6, 6.07) is 12.4. The van der Waals surface area contributed by atoms with Crippen molar-refractivity contribution in [1.82, 2.24) is 9.97 Å². The molecule has 1 atom stereocenters. The normalized spacial score (nSPS) is 12.4. The minimum atomic E-state index is -0.453. The molecule has 0 bridgehead atoms. The fraction of sp³-hybridized carbons (Fsp3) is 0.393. The lowest BCUT2D eigenvalue weighted by atomic mass is 10.2. The third-order valence-corrected chi connectivity index (χ3v) is 8.23. The van der Waals surface area contributed by atoms with Crippen molar-refractivity contribution in [1.29, 1.82) is 0 Å². The lowest BCUT2D eigenvalue weighted by molar-refractivity contribution is -0.154. The zero-order valence-electron chi connectivity index (χ0n) is 22.3. The average Bonchev–Trinajstić information content (AvgIpc) is 3.50. The summed E-state index contributed by atoms with van der Waals surface area (Å²) in [6.07, 6.45) is 1.07. The molecule has 0 saturated heterocycles. The molecule has 196 valence electrons. The Morgan fingerprint density at radius 1 is 1.00 bits per heavy atom. The molecule has 1 N–H and O–H groups in total. The van der Waals surface area contributed by atoms with Gasteiger partial charge in [0.2, 0.25) is 0 Å². The molecule has 0 saturated carbocycles. The lowest BCUT2D eigenvalue weighted by Crippen LogP contribution is -2.23. The number of carbonyl (C=O) groups excluding carboxylic acids is 1. The third-order valence-electron chi connectivity index (χ3n) is 5.62. The van der Waals surface area contributed by atoms with Gasteiger partial charge >= 0.3 is 5.97 Å². The van der Waals surface area contributed by atoms with Gasteiger partial charge in [0.05, 0.1) is 32.2 Å². The van der Waals surface area contributed by atoms with Gasteiger partial charge in [0.1, 0.15) is 17.2 Å². The van der Waals surface area contributed by atoms with Crippen LogP contribution in [0.5, 0.6) is 11.5 Å². The number of nitrogens with one attached hydrogen (secondary N) is 1. The van der Waals surface area contributed by atoms with Gasteiger partial charge in [0.25, 0.3) is 0 Å². The van der Waals surface area contributed by atoms with Crippen molar-refractivity contribution in [3.8, 4) is 21.3 Å². The number of anilines is 1. The van der Waals surface area contributed by atoms with Crippen LogP contribution in [0.1, 0.15) is 55.7 Å². The highest BCUT2D eigenvalue weighted by Gasteiger charge is 2.18. The molecule has 3 aromatic heterocycles. The molecule has 9 heteroatoms. The first-order chi connectivity index (χ1) is 17.6. The number of aromatic nitrogens is 2. The number of benzene rings is 1. The molecule has 4 rings (SSSR count). The van der Waals surface area contributed by atoms with Gasteiger partial charge in [-0.05, 0) is 71.4 Å². The number of carbonyl (C=O) groups is 1. The molecule has 1 unspecified atom stereocenters. The summed E-state index contributed by atoms with van der Waals surface area (Å²) in [5.74, 6) is 2.54. The summed E-state index contributed by atoms with van der Waals surface area (Å²) in [7, 11) is 3.24. The van der Waals surface area contributed by atoms with Crippen molar-refractivity contribution < 1.29 is 19.0 Å². The first-order valence-corrected chi connectivity index (χ1v) is 13.8. The second kappa shape index (κ2) is 11.1. The van der Waals surface area contributed by atoms with Crippen LogP contribution < -0.4 is 14.8 Å². The predicted molar refractivity (Wildman–Crippen MR) is 151 cm³/mol. The molecule has 0 aliphatic heterocycles. The summed E-state index contributed by atoms with van der Waals surface area (Å²) < 4.78 is 16.4. The number of esters is 1. The van der Waals surface area contributed by atoms with E-state index in [0.29, 0.717) is 30.2 Å². The standard InChI is InChI=1S/C28H33N3O4S2/c1-16(29-27-19-14-21(33-6)22(34-7)15-20(19)30-17(2)31-27)23-11-12-25(37-23)24-10-8-18(36-24)9-13-26(32)35-28(3,4)5/h8,10-12,14-16H,9,13H2,1-7H3,(H,29,30,31). The molecule has 3 heterocycles. The molecule has 0 spiro atoms. The van der Waals surface area contributed by atoms with Gasteiger partial charge in [-0.1, -0.05) is 0 Å². The lowest BCUT2D eigenvalue weighted by Gasteiger charge is -2.19. The molecule has 0 amide bonds. The van der Waals surface area contributed by atoms with Crippen LogP contribution in [0.25, 0.3) is 20.7 Å². The number of methoxy groups -OCH3 is 2. The predicted octanol–water partition coefficient (Wildman–Crippen LogP) is 7.19. The highest BCUT2D eigenvalue weighted by molar-refractivity contribution is 7.22. The Hall–Kier alpha value is -3.17. The summed E-state index contributed by atoms with van der Waals surface area (Å²) >= 11 is 3.47. The second-order valence-electron chi connectivity index (χ2n) is 9.76. The molecule has 1 aromatic carbocycles. The molecular formula is C28H33N3O4S2. The highest BCUT2D eigenvalue weighted by Crippen LogP contribution is 2.38. The first kappa shape index (κ1) is 26.9. The Morgan fingerprint density at radius 2 is 1.68 bits per heavy atom.